The van der Waals surface area contributed by atoms with Crippen molar-refractivity contribution in [3.63, 3.8) is 0 Å². The number of halogens is 2. The first kappa shape index (κ1) is 15.5. The maximum absolute atomic E-state index is 12.5. The molecule has 0 aliphatic carbocycles. The molecule has 0 aliphatic heterocycles. The topological polar surface area (TPSA) is 43.4 Å². The van der Waals surface area contributed by atoms with Crippen LogP contribution in [-0.4, -0.2) is 18.9 Å². The van der Waals surface area contributed by atoms with E-state index in [4.69, 9.17) is 23.2 Å². The molecule has 0 heterocycles. The van der Waals surface area contributed by atoms with Crippen molar-refractivity contribution in [2.24, 2.45) is 0 Å². The largest absolute Gasteiger partial charge is 0.465 e. The molecule has 5 heteroatoms. The normalized spacial score (nSPS) is 11.8. The van der Waals surface area contributed by atoms with Crippen LogP contribution in [0.15, 0.2) is 48.5 Å². The summed E-state index contributed by atoms with van der Waals surface area (Å²) in [6, 6.07) is 13.3. The Hall–Kier alpha value is -1.84. The molecule has 0 saturated carbocycles. The summed E-state index contributed by atoms with van der Waals surface area (Å²) in [5, 5.41) is -0.534. The highest BCUT2D eigenvalue weighted by Crippen LogP contribution is 2.28. The molecule has 108 valence electrons. The molecule has 0 fully saturated rings. The summed E-state index contributed by atoms with van der Waals surface area (Å²) in [5.74, 6) is -1.00. The second-order valence-corrected chi connectivity index (χ2v) is 5.19. The molecule has 2 aromatic rings. The van der Waals surface area contributed by atoms with Gasteiger partial charge in [0.1, 0.15) is 5.38 Å². The number of hydrogen-bond donors (Lipinski definition) is 0. The van der Waals surface area contributed by atoms with Crippen LogP contribution >= 0.6 is 23.2 Å². The number of Topliss-reactive ketones (excluding diaryl/α,β-unsaturated/α-hetero) is 1. The number of alkyl halides is 1. The van der Waals surface area contributed by atoms with E-state index >= 15 is 0 Å². The molecule has 0 amide bonds. The van der Waals surface area contributed by atoms with Crippen LogP contribution in [0.5, 0.6) is 0 Å². The van der Waals surface area contributed by atoms with E-state index in [9.17, 15) is 9.59 Å². The van der Waals surface area contributed by atoms with Crippen LogP contribution in [0, 0.1) is 0 Å². The van der Waals surface area contributed by atoms with Crippen molar-refractivity contribution < 1.29 is 14.3 Å². The molecular weight excluding hydrogens is 311 g/mol. The molecule has 21 heavy (non-hydrogen) atoms. The van der Waals surface area contributed by atoms with E-state index in [1.165, 1.54) is 25.3 Å². The van der Waals surface area contributed by atoms with Gasteiger partial charge in [-0.3, -0.25) is 4.79 Å². The second kappa shape index (κ2) is 6.74. The lowest BCUT2D eigenvalue weighted by Crippen LogP contribution is -2.14. The molecule has 0 aromatic heterocycles. The predicted molar refractivity (Wildman–Crippen MR) is 82.2 cm³/mol. The number of ketones is 1. The maximum Gasteiger partial charge on any atom is 0.338 e. The van der Waals surface area contributed by atoms with Gasteiger partial charge in [0.05, 0.1) is 12.7 Å². The van der Waals surface area contributed by atoms with Gasteiger partial charge in [0, 0.05) is 10.6 Å². The number of hydrogen-bond acceptors (Lipinski definition) is 3. The van der Waals surface area contributed by atoms with Crippen LogP contribution in [0.3, 0.4) is 0 Å². The zero-order chi connectivity index (χ0) is 15.4. The number of esters is 1. The van der Waals surface area contributed by atoms with Crippen LogP contribution < -0.4 is 0 Å². The van der Waals surface area contributed by atoms with Gasteiger partial charge in [0.15, 0.2) is 5.78 Å². The minimum atomic E-state index is -0.879. The van der Waals surface area contributed by atoms with E-state index in [0.29, 0.717) is 10.6 Å². The number of rotatable bonds is 4. The number of methoxy groups -OCH3 is 1. The van der Waals surface area contributed by atoms with Gasteiger partial charge in [0.2, 0.25) is 0 Å². The van der Waals surface area contributed by atoms with Crippen LogP contribution in [0.25, 0.3) is 0 Å². The molecule has 2 aromatic carbocycles. The fourth-order valence-corrected chi connectivity index (χ4v) is 2.36. The lowest BCUT2D eigenvalue weighted by atomic mass is 9.98. The summed E-state index contributed by atoms with van der Waals surface area (Å²) >= 11 is 12.1. The van der Waals surface area contributed by atoms with Gasteiger partial charge >= 0.3 is 5.97 Å². The predicted octanol–water partition coefficient (Wildman–Crippen LogP) is 4.29. The van der Waals surface area contributed by atoms with E-state index < -0.39 is 11.3 Å². The average Bonchev–Trinajstić information content (AvgIpc) is 2.53. The molecular formula is C16H12Cl2O3. The summed E-state index contributed by atoms with van der Waals surface area (Å²) in [7, 11) is 1.24. The first-order chi connectivity index (χ1) is 10.0. The van der Waals surface area contributed by atoms with Gasteiger partial charge in [-0.1, -0.05) is 41.9 Å². The summed E-state index contributed by atoms with van der Waals surface area (Å²) in [4.78, 5) is 24.3. The van der Waals surface area contributed by atoms with Gasteiger partial charge < -0.3 is 4.74 Å². The molecule has 0 aliphatic rings. The van der Waals surface area contributed by atoms with Crippen LogP contribution in [0.2, 0.25) is 5.02 Å². The Morgan fingerprint density at radius 2 is 1.71 bits per heavy atom. The van der Waals surface area contributed by atoms with Crippen LogP contribution in [-0.2, 0) is 4.74 Å². The van der Waals surface area contributed by atoms with Crippen molar-refractivity contribution >= 4 is 35.0 Å². The highest BCUT2D eigenvalue weighted by molar-refractivity contribution is 6.35. The third kappa shape index (κ3) is 3.43. The van der Waals surface area contributed by atoms with Crippen molar-refractivity contribution in [2.45, 2.75) is 5.38 Å². The Labute approximate surface area is 132 Å². The average molecular weight is 323 g/mol. The zero-order valence-corrected chi connectivity index (χ0v) is 12.7. The van der Waals surface area contributed by atoms with Crippen molar-refractivity contribution in [2.75, 3.05) is 7.11 Å². The second-order valence-electron chi connectivity index (χ2n) is 4.32. The molecule has 2 rings (SSSR count). The third-order valence-corrected chi connectivity index (χ3v) is 3.66. The SMILES string of the molecule is COC(=O)c1cc(Cl)ccc1C(=O)C(Cl)c1ccccc1. The fraction of sp³-hybridized carbons (Fsp3) is 0.125. The minimum Gasteiger partial charge on any atom is -0.465 e. The molecule has 3 nitrogen and oxygen atoms in total. The van der Waals surface area contributed by atoms with Crippen molar-refractivity contribution in [3.05, 3.63) is 70.2 Å². The molecule has 1 atom stereocenters. The quantitative estimate of drug-likeness (QED) is 0.479. The lowest BCUT2D eigenvalue weighted by molar-refractivity contribution is 0.0597. The first-order valence-electron chi connectivity index (χ1n) is 6.15. The highest BCUT2D eigenvalue weighted by atomic mass is 35.5. The Bertz CT molecular complexity index is 668. The van der Waals surface area contributed by atoms with Crippen molar-refractivity contribution in [3.8, 4) is 0 Å². The number of carbonyl (C=O) groups is 2. The molecule has 0 N–H and O–H groups in total. The standard InChI is InChI=1S/C16H12Cl2O3/c1-21-16(20)13-9-11(17)7-8-12(13)15(19)14(18)10-5-3-2-4-6-10/h2-9,14H,1H3. The summed E-state index contributed by atoms with van der Waals surface area (Å²) in [6.07, 6.45) is 0. The Morgan fingerprint density at radius 3 is 2.33 bits per heavy atom. The lowest BCUT2D eigenvalue weighted by Gasteiger charge is -2.12. The van der Waals surface area contributed by atoms with E-state index in [-0.39, 0.29) is 16.9 Å². The van der Waals surface area contributed by atoms with Gasteiger partial charge in [-0.05, 0) is 23.8 Å². The van der Waals surface area contributed by atoms with E-state index in [0.717, 1.165) is 0 Å². The monoisotopic (exact) mass is 322 g/mol. The van der Waals surface area contributed by atoms with Gasteiger partial charge in [-0.25, -0.2) is 4.79 Å². The first-order valence-corrected chi connectivity index (χ1v) is 6.97. The van der Waals surface area contributed by atoms with E-state index in [1.54, 1.807) is 24.3 Å². The van der Waals surface area contributed by atoms with E-state index in [2.05, 4.69) is 4.74 Å². The zero-order valence-electron chi connectivity index (χ0n) is 11.2. The molecule has 0 radical (unpaired) electrons. The van der Waals surface area contributed by atoms with Crippen molar-refractivity contribution in [1.29, 1.82) is 0 Å². The molecule has 0 bridgehead atoms. The Kier molecular flexibility index (Phi) is 4.99. The number of ether oxygens (including phenoxy) is 1. The number of carbonyl (C=O) groups excluding carboxylic acids is 2. The molecule has 0 spiro atoms. The third-order valence-electron chi connectivity index (χ3n) is 2.97. The maximum atomic E-state index is 12.5. The van der Waals surface area contributed by atoms with Crippen LogP contribution in [0.1, 0.15) is 31.7 Å². The summed E-state index contributed by atoms with van der Waals surface area (Å²) in [6.45, 7) is 0. The van der Waals surface area contributed by atoms with Crippen molar-refractivity contribution in [1.82, 2.24) is 0 Å². The molecule has 0 saturated heterocycles. The minimum absolute atomic E-state index is 0.108. The fourth-order valence-electron chi connectivity index (χ4n) is 1.92. The van der Waals surface area contributed by atoms with Gasteiger partial charge in [-0.15, -0.1) is 11.6 Å². The summed E-state index contributed by atoms with van der Waals surface area (Å²) < 4.78 is 4.67. The van der Waals surface area contributed by atoms with Gasteiger partial charge in [-0.2, -0.15) is 0 Å². The smallest absolute Gasteiger partial charge is 0.338 e. The van der Waals surface area contributed by atoms with Crippen LogP contribution in [0.4, 0.5) is 0 Å². The van der Waals surface area contributed by atoms with E-state index in [1.807, 2.05) is 6.07 Å². The summed E-state index contributed by atoms with van der Waals surface area (Å²) in [5.41, 5.74) is 0.960. The van der Waals surface area contributed by atoms with Gasteiger partial charge in [0.25, 0.3) is 0 Å². The highest BCUT2D eigenvalue weighted by Gasteiger charge is 2.24. The Morgan fingerprint density at radius 1 is 1.05 bits per heavy atom. The molecule has 1 unspecified atom stereocenters. The Balaban J connectivity index is 2.42. The number of benzene rings is 2.